The predicted octanol–water partition coefficient (Wildman–Crippen LogP) is 0.936. The first-order valence-electron chi connectivity index (χ1n) is 12.7. The Labute approximate surface area is 230 Å². The maximum atomic E-state index is 13.4. The van der Waals surface area contributed by atoms with Crippen LogP contribution in [0.4, 0.5) is 5.13 Å². The molecule has 1 N–H and O–H groups in total. The summed E-state index contributed by atoms with van der Waals surface area (Å²) in [7, 11) is -3.81. The smallest absolute Gasteiger partial charge is 0.254 e. The van der Waals surface area contributed by atoms with Gasteiger partial charge in [-0.25, -0.2) is 13.4 Å². The number of benzene rings is 1. The molecule has 0 unspecified atom stereocenters. The topological polar surface area (TPSA) is 147 Å². The van der Waals surface area contributed by atoms with Gasteiger partial charge in [-0.15, -0.1) is 0 Å². The molecule has 4 heterocycles. The van der Waals surface area contributed by atoms with Gasteiger partial charge in [0.2, 0.25) is 21.8 Å². The van der Waals surface area contributed by atoms with Gasteiger partial charge in [-0.05, 0) is 24.6 Å². The fourth-order valence-corrected chi connectivity index (χ4v) is 7.55. The van der Waals surface area contributed by atoms with Gasteiger partial charge in [-0.1, -0.05) is 17.4 Å². The van der Waals surface area contributed by atoms with Crippen LogP contribution in [0.25, 0.3) is 0 Å². The normalized spacial score (nSPS) is 19.9. The molecule has 2 aromatic rings. The maximum Gasteiger partial charge on any atom is 0.254 e. The average molecular weight is 572 g/mol. The van der Waals surface area contributed by atoms with Crippen molar-refractivity contribution in [1.29, 1.82) is 5.26 Å². The lowest BCUT2D eigenvalue weighted by molar-refractivity contribution is -0.130. The summed E-state index contributed by atoms with van der Waals surface area (Å²) in [6, 6.07) is 6.07. The van der Waals surface area contributed by atoms with Crippen molar-refractivity contribution in [1.82, 2.24) is 24.0 Å². The monoisotopic (exact) mass is 571 g/mol. The van der Waals surface area contributed by atoms with Crippen LogP contribution in [0.5, 0.6) is 0 Å². The summed E-state index contributed by atoms with van der Waals surface area (Å²) in [4.78, 5) is 47.8. The van der Waals surface area contributed by atoms with E-state index in [1.807, 2.05) is 0 Å². The molecule has 39 heavy (non-hydrogen) atoms. The highest BCUT2D eigenvalue weighted by atomic mass is 32.2. The van der Waals surface area contributed by atoms with Crippen LogP contribution in [0.3, 0.4) is 0 Å². The van der Waals surface area contributed by atoms with Gasteiger partial charge in [-0.3, -0.25) is 14.4 Å². The third kappa shape index (κ3) is 5.61. The number of anilines is 1. The molecule has 3 aliphatic rings. The van der Waals surface area contributed by atoms with E-state index in [4.69, 9.17) is 5.26 Å². The third-order valence-corrected chi connectivity index (χ3v) is 10.2. The number of likely N-dealkylation sites (tertiary alicyclic amines) is 1. The number of piperazine rings is 1. The second-order valence-corrected chi connectivity index (χ2v) is 12.8. The Balaban J connectivity index is 1.24. The number of carbonyl (C=O) groups is 3. The molecule has 3 aliphatic heterocycles. The number of rotatable bonds is 5. The fraction of sp³-hybridized carbons (Fsp3) is 0.480. The summed E-state index contributed by atoms with van der Waals surface area (Å²) in [5, 5.41) is 12.4. The molecule has 0 bridgehead atoms. The van der Waals surface area contributed by atoms with Crippen LogP contribution in [0.15, 0.2) is 29.2 Å². The van der Waals surface area contributed by atoms with Crippen LogP contribution in [0.2, 0.25) is 0 Å². The van der Waals surface area contributed by atoms with E-state index in [-0.39, 0.29) is 47.2 Å². The molecule has 2 fully saturated rings. The van der Waals surface area contributed by atoms with E-state index in [1.54, 1.807) is 26.8 Å². The molecule has 1 aromatic carbocycles. The van der Waals surface area contributed by atoms with E-state index in [1.165, 1.54) is 34.7 Å². The Kier molecular flexibility index (Phi) is 7.57. The van der Waals surface area contributed by atoms with E-state index in [9.17, 15) is 22.8 Å². The minimum atomic E-state index is -3.81. The number of sulfonamides is 1. The molecule has 2 saturated heterocycles. The SMILES string of the molecule is CC(=O)N1CCN(S(=O)(=O)c2cccc(C(=O)N3CCc4nc(NC(=O)[C@@H]5CCN(C#N)C5)sc4C3)c2)CC1. The molecule has 3 amide bonds. The summed E-state index contributed by atoms with van der Waals surface area (Å²) >= 11 is 1.33. The van der Waals surface area contributed by atoms with Crippen molar-refractivity contribution in [3.63, 3.8) is 0 Å². The van der Waals surface area contributed by atoms with Crippen molar-refractivity contribution in [2.45, 2.75) is 31.2 Å². The largest absolute Gasteiger partial charge is 0.340 e. The quantitative estimate of drug-likeness (QED) is 0.522. The number of carbonyl (C=O) groups excluding carboxylic acids is 3. The third-order valence-electron chi connectivity index (χ3n) is 7.35. The number of aromatic nitrogens is 1. The second-order valence-electron chi connectivity index (χ2n) is 9.82. The number of fused-ring (bicyclic) bond motifs is 1. The molecule has 0 spiro atoms. The minimum Gasteiger partial charge on any atom is -0.340 e. The molecule has 0 aliphatic carbocycles. The number of hydrogen-bond donors (Lipinski definition) is 1. The van der Waals surface area contributed by atoms with Gasteiger partial charge >= 0.3 is 0 Å². The molecule has 12 nitrogen and oxygen atoms in total. The molecule has 14 heteroatoms. The van der Waals surface area contributed by atoms with E-state index in [0.717, 1.165) is 10.6 Å². The van der Waals surface area contributed by atoms with Crippen LogP contribution in [0.1, 0.15) is 34.3 Å². The van der Waals surface area contributed by atoms with Gasteiger partial charge < -0.3 is 20.0 Å². The number of hydrogen-bond acceptors (Lipinski definition) is 9. The average Bonchev–Trinajstić information content (AvgIpc) is 3.59. The molecule has 206 valence electrons. The van der Waals surface area contributed by atoms with E-state index in [2.05, 4.69) is 16.5 Å². The number of nitrogens with zero attached hydrogens (tertiary/aromatic N) is 6. The van der Waals surface area contributed by atoms with Crippen molar-refractivity contribution in [2.75, 3.05) is 51.1 Å². The summed E-state index contributed by atoms with van der Waals surface area (Å²) in [5.41, 5.74) is 1.12. The number of amides is 3. The van der Waals surface area contributed by atoms with Crippen molar-refractivity contribution in [2.24, 2.45) is 5.92 Å². The van der Waals surface area contributed by atoms with Gasteiger partial charge in [0.05, 0.1) is 23.1 Å². The van der Waals surface area contributed by atoms with E-state index >= 15 is 0 Å². The van der Waals surface area contributed by atoms with Crippen LogP contribution in [-0.4, -0.2) is 95.9 Å². The standard InChI is InChI=1S/C25H29N7O5S2/c1-17(33)30-9-11-32(12-10-30)39(36,37)20-4-2-3-18(13-20)24(35)31-8-6-21-22(15-31)38-25(27-21)28-23(34)19-5-7-29(14-19)16-26/h2-4,13,19H,5-12,14-15H2,1H3,(H,27,28,34)/t19-/m1/s1. The molecule has 5 rings (SSSR count). The maximum absolute atomic E-state index is 13.4. The molecular formula is C25H29N7O5S2. The molecule has 1 atom stereocenters. The van der Waals surface area contributed by atoms with Crippen molar-refractivity contribution in [3.8, 4) is 6.19 Å². The van der Waals surface area contributed by atoms with E-state index in [0.29, 0.717) is 57.2 Å². The lowest BCUT2D eigenvalue weighted by Crippen LogP contribution is -2.49. The highest BCUT2D eigenvalue weighted by Crippen LogP contribution is 2.30. The van der Waals surface area contributed by atoms with E-state index < -0.39 is 10.0 Å². The van der Waals surface area contributed by atoms with Crippen LogP contribution in [0, 0.1) is 17.4 Å². The van der Waals surface area contributed by atoms with Crippen LogP contribution in [-0.2, 0) is 32.6 Å². The Morgan fingerprint density at radius 1 is 1.10 bits per heavy atom. The van der Waals surface area contributed by atoms with Gasteiger partial charge in [-0.2, -0.15) is 9.57 Å². The lowest BCUT2D eigenvalue weighted by Gasteiger charge is -2.33. The highest BCUT2D eigenvalue weighted by molar-refractivity contribution is 7.89. The number of thiazole rings is 1. The predicted molar refractivity (Wildman–Crippen MR) is 142 cm³/mol. The lowest BCUT2D eigenvalue weighted by atomic mass is 10.1. The Hall–Kier alpha value is -3.54. The van der Waals surface area contributed by atoms with Crippen molar-refractivity contribution < 1.29 is 22.8 Å². The summed E-state index contributed by atoms with van der Waals surface area (Å²) in [6.45, 7) is 4.25. The zero-order valence-corrected chi connectivity index (χ0v) is 23.1. The van der Waals surface area contributed by atoms with Gasteiger partial charge in [0.25, 0.3) is 5.91 Å². The first-order chi connectivity index (χ1) is 18.7. The summed E-state index contributed by atoms with van der Waals surface area (Å²) < 4.78 is 27.8. The second kappa shape index (κ2) is 10.9. The Bertz CT molecular complexity index is 1440. The highest BCUT2D eigenvalue weighted by Gasteiger charge is 2.32. The van der Waals surface area contributed by atoms with Gasteiger partial charge in [0, 0.05) is 69.6 Å². The molecule has 0 radical (unpaired) electrons. The summed E-state index contributed by atoms with van der Waals surface area (Å²) in [6.07, 6.45) is 3.22. The van der Waals surface area contributed by atoms with Crippen molar-refractivity contribution in [3.05, 3.63) is 40.4 Å². The minimum absolute atomic E-state index is 0.0481. The number of nitrogens with one attached hydrogen (secondary N) is 1. The number of nitriles is 1. The van der Waals surface area contributed by atoms with Crippen LogP contribution < -0.4 is 5.32 Å². The first-order valence-corrected chi connectivity index (χ1v) is 15.0. The van der Waals surface area contributed by atoms with Crippen LogP contribution >= 0.6 is 11.3 Å². The first kappa shape index (κ1) is 27.0. The Morgan fingerprint density at radius 3 is 2.56 bits per heavy atom. The van der Waals surface area contributed by atoms with Gasteiger partial charge in [0.15, 0.2) is 11.3 Å². The zero-order valence-electron chi connectivity index (χ0n) is 21.5. The summed E-state index contributed by atoms with van der Waals surface area (Å²) in [5.74, 6) is -0.779. The fourth-order valence-electron chi connectivity index (χ4n) is 5.06. The molecule has 1 aromatic heterocycles. The molecule has 0 saturated carbocycles. The Morgan fingerprint density at radius 2 is 1.87 bits per heavy atom. The van der Waals surface area contributed by atoms with Crippen molar-refractivity contribution >= 4 is 44.2 Å². The zero-order chi connectivity index (χ0) is 27.7. The van der Waals surface area contributed by atoms with Gasteiger partial charge in [0.1, 0.15) is 0 Å². The molecular weight excluding hydrogens is 542 g/mol.